The lowest BCUT2D eigenvalue weighted by Gasteiger charge is -2.09. The average Bonchev–Trinajstić information content (AvgIpc) is 2.90. The summed E-state index contributed by atoms with van der Waals surface area (Å²) in [7, 11) is 4.65. The molecule has 0 bridgehead atoms. The molecule has 0 spiro atoms. The molecule has 4 N–H and O–H groups in total. The van der Waals surface area contributed by atoms with Crippen LogP contribution in [0.3, 0.4) is 0 Å². The second kappa shape index (κ2) is 20.8. The van der Waals surface area contributed by atoms with Gasteiger partial charge in [-0.2, -0.15) is 9.97 Å². The van der Waals surface area contributed by atoms with Gasteiger partial charge in [-0.05, 0) is 36.0 Å². The van der Waals surface area contributed by atoms with Crippen molar-refractivity contribution in [2.45, 2.75) is 47.0 Å². The van der Waals surface area contributed by atoms with E-state index in [4.69, 9.17) is 54.7 Å². The maximum absolute atomic E-state index is 5.67. The highest BCUT2D eigenvalue weighted by molar-refractivity contribution is 6.32. The van der Waals surface area contributed by atoms with Gasteiger partial charge in [0.1, 0.15) is 0 Å². The molecule has 3 aromatic heterocycles. The van der Waals surface area contributed by atoms with Gasteiger partial charge in [0.2, 0.25) is 16.5 Å². The monoisotopic (exact) mass is 605 g/mol. The molecule has 39 heavy (non-hydrogen) atoms. The molecule has 12 nitrogen and oxygen atoms in total. The Bertz CT molecular complexity index is 1040. The molecule has 0 aliphatic heterocycles. The van der Waals surface area contributed by atoms with Gasteiger partial charge < -0.3 is 30.6 Å². The molecule has 218 valence electrons. The van der Waals surface area contributed by atoms with Gasteiger partial charge >= 0.3 is 0 Å². The standard InChI is InChI=1S/C9H14ClN3O.C9H16N4O.C5H4Cl2N2O.CH4/c2*1-3-4-5-11-8-7(14-2)6-12-9(10)13-8;1-10-3-2-8-5(7)9-4(3)6;/h6H,3-5H2,1-2H3,(H,11,12,13);6H,3-5H2,1-2H3,(H3,10,11,12,13);2H,1H3;1H4. The topological polar surface area (TPSA) is 155 Å². The highest BCUT2D eigenvalue weighted by atomic mass is 35.5. The number of ether oxygens (including phenoxy) is 3. The summed E-state index contributed by atoms with van der Waals surface area (Å²) < 4.78 is 15.0. The Morgan fingerprint density at radius 2 is 1.13 bits per heavy atom. The van der Waals surface area contributed by atoms with E-state index >= 15 is 0 Å². The van der Waals surface area contributed by atoms with Crippen LogP contribution in [0.15, 0.2) is 18.6 Å². The maximum Gasteiger partial charge on any atom is 0.224 e. The fraction of sp³-hybridized carbons (Fsp3) is 0.500. The largest absolute Gasteiger partial charge is 0.492 e. The molecule has 3 heterocycles. The molecule has 0 aliphatic rings. The number of anilines is 3. The van der Waals surface area contributed by atoms with Gasteiger partial charge in [0.25, 0.3) is 0 Å². The number of unbranched alkanes of at least 4 members (excludes halogenated alkanes) is 2. The molecule has 15 heteroatoms. The van der Waals surface area contributed by atoms with E-state index in [0.717, 1.165) is 38.8 Å². The minimum atomic E-state index is 0. The number of nitrogen functional groups attached to an aromatic ring is 1. The molecule has 0 fully saturated rings. The van der Waals surface area contributed by atoms with Crippen molar-refractivity contribution in [1.82, 2.24) is 29.9 Å². The van der Waals surface area contributed by atoms with E-state index in [1.165, 1.54) is 13.3 Å². The Morgan fingerprint density at radius 1 is 0.692 bits per heavy atom. The Labute approximate surface area is 245 Å². The third-order valence-corrected chi connectivity index (χ3v) is 5.12. The van der Waals surface area contributed by atoms with Crippen LogP contribution in [0, 0.1) is 0 Å². The van der Waals surface area contributed by atoms with Gasteiger partial charge in [0, 0.05) is 13.1 Å². The van der Waals surface area contributed by atoms with Crippen LogP contribution in [0.1, 0.15) is 47.0 Å². The highest BCUT2D eigenvalue weighted by Crippen LogP contribution is 2.22. The molecule has 0 saturated heterocycles. The van der Waals surface area contributed by atoms with Gasteiger partial charge in [-0.3, -0.25) is 0 Å². The fourth-order valence-electron chi connectivity index (χ4n) is 2.52. The molecule has 3 rings (SSSR count). The molecular formula is C24H38Cl3N9O3. The summed E-state index contributed by atoms with van der Waals surface area (Å²) in [5.74, 6) is 3.23. The van der Waals surface area contributed by atoms with Crippen molar-refractivity contribution in [3.63, 3.8) is 0 Å². The van der Waals surface area contributed by atoms with E-state index in [-0.39, 0.29) is 29.1 Å². The molecular weight excluding hydrogens is 569 g/mol. The zero-order chi connectivity index (χ0) is 28.3. The van der Waals surface area contributed by atoms with Gasteiger partial charge in [-0.1, -0.05) is 45.7 Å². The van der Waals surface area contributed by atoms with Crippen LogP contribution in [0.2, 0.25) is 15.7 Å². The van der Waals surface area contributed by atoms with E-state index in [2.05, 4.69) is 54.4 Å². The van der Waals surface area contributed by atoms with Crippen LogP contribution in [0.4, 0.5) is 17.6 Å². The summed E-state index contributed by atoms with van der Waals surface area (Å²) in [6.45, 7) is 5.99. The van der Waals surface area contributed by atoms with Crippen LogP contribution in [0.5, 0.6) is 17.2 Å². The van der Waals surface area contributed by atoms with Crippen LogP contribution in [-0.2, 0) is 0 Å². The summed E-state index contributed by atoms with van der Waals surface area (Å²) in [4.78, 5) is 23.0. The highest BCUT2D eigenvalue weighted by Gasteiger charge is 2.06. The molecule has 0 aliphatic carbocycles. The van der Waals surface area contributed by atoms with Crippen molar-refractivity contribution in [3.05, 3.63) is 34.3 Å². The Hall–Kier alpha value is -3.09. The van der Waals surface area contributed by atoms with E-state index in [9.17, 15) is 0 Å². The van der Waals surface area contributed by atoms with Crippen LogP contribution < -0.4 is 30.6 Å². The molecule has 0 atom stereocenters. The molecule has 0 unspecified atom stereocenters. The van der Waals surface area contributed by atoms with Crippen molar-refractivity contribution in [1.29, 1.82) is 0 Å². The van der Waals surface area contributed by atoms with Crippen molar-refractivity contribution < 1.29 is 14.2 Å². The lowest BCUT2D eigenvalue weighted by molar-refractivity contribution is 0.411. The minimum absolute atomic E-state index is 0. The van der Waals surface area contributed by atoms with E-state index in [1.54, 1.807) is 26.6 Å². The summed E-state index contributed by atoms with van der Waals surface area (Å²) in [5.41, 5.74) is 5.47. The van der Waals surface area contributed by atoms with Crippen molar-refractivity contribution >= 4 is 52.4 Å². The van der Waals surface area contributed by atoms with Crippen LogP contribution >= 0.6 is 34.8 Å². The first-order valence-corrected chi connectivity index (χ1v) is 12.9. The number of methoxy groups -OCH3 is 3. The third-order valence-electron chi connectivity index (χ3n) is 4.49. The predicted octanol–water partition coefficient (Wildman–Crippen LogP) is 6.06. The molecule has 0 aromatic carbocycles. The molecule has 0 radical (unpaired) electrons. The second-order valence-corrected chi connectivity index (χ2v) is 8.29. The van der Waals surface area contributed by atoms with Gasteiger partial charge in [-0.25, -0.2) is 19.9 Å². The summed E-state index contributed by atoms with van der Waals surface area (Å²) in [5, 5.41) is 6.86. The minimum Gasteiger partial charge on any atom is -0.492 e. The Morgan fingerprint density at radius 3 is 1.59 bits per heavy atom. The molecule has 0 amide bonds. The zero-order valence-electron chi connectivity index (χ0n) is 22.1. The maximum atomic E-state index is 5.67. The zero-order valence-corrected chi connectivity index (χ0v) is 24.4. The van der Waals surface area contributed by atoms with Crippen molar-refractivity contribution in [3.8, 4) is 17.2 Å². The van der Waals surface area contributed by atoms with Gasteiger partial charge in [0.15, 0.2) is 34.0 Å². The van der Waals surface area contributed by atoms with Gasteiger partial charge in [0.05, 0.1) is 39.9 Å². The van der Waals surface area contributed by atoms with E-state index in [0.29, 0.717) is 28.9 Å². The van der Waals surface area contributed by atoms with E-state index in [1.807, 2.05) is 0 Å². The third kappa shape index (κ3) is 14.0. The lowest BCUT2D eigenvalue weighted by atomic mass is 10.3. The molecule has 3 aromatic rings. The first kappa shape index (κ1) is 35.9. The lowest BCUT2D eigenvalue weighted by Crippen LogP contribution is -2.07. The normalized spacial score (nSPS) is 9.54. The summed E-state index contributed by atoms with van der Waals surface area (Å²) in [6, 6.07) is 0. The van der Waals surface area contributed by atoms with Crippen LogP contribution in [-0.4, -0.2) is 64.3 Å². The predicted molar refractivity (Wildman–Crippen MR) is 159 cm³/mol. The number of nitrogens with zero attached hydrogens (tertiary/aromatic N) is 6. The first-order valence-electron chi connectivity index (χ1n) is 11.7. The second-order valence-electron chi connectivity index (χ2n) is 7.26. The van der Waals surface area contributed by atoms with E-state index < -0.39 is 0 Å². The number of nitrogens with two attached hydrogens (primary N) is 1. The number of rotatable bonds is 11. The smallest absolute Gasteiger partial charge is 0.224 e. The SMILES string of the molecule is C.CCCCNc1nc(Cl)ncc1OC.CCCCNc1nc(N)ncc1OC.COc1cnc(Cl)nc1Cl. The first-order chi connectivity index (χ1) is 18.3. The Kier molecular flexibility index (Phi) is 19.2. The average molecular weight is 607 g/mol. The van der Waals surface area contributed by atoms with Gasteiger partial charge in [-0.15, -0.1) is 0 Å². The van der Waals surface area contributed by atoms with Crippen LogP contribution in [0.25, 0.3) is 0 Å². The summed E-state index contributed by atoms with van der Waals surface area (Å²) in [6.07, 6.45) is 8.99. The Balaban J connectivity index is 0.000000557. The number of halogens is 3. The molecule has 0 saturated carbocycles. The number of hydrogen-bond donors (Lipinski definition) is 3. The van der Waals surface area contributed by atoms with Crippen molar-refractivity contribution in [2.24, 2.45) is 0 Å². The quantitative estimate of drug-likeness (QED) is 0.132. The summed E-state index contributed by atoms with van der Waals surface area (Å²) >= 11 is 16.6. The number of hydrogen-bond acceptors (Lipinski definition) is 12. The number of aromatic nitrogens is 6. The van der Waals surface area contributed by atoms with Crippen molar-refractivity contribution in [2.75, 3.05) is 50.8 Å². The number of nitrogens with one attached hydrogen (secondary N) is 2. The fourth-order valence-corrected chi connectivity index (χ4v) is 3.04.